The number of para-hydroxylation sites is 1. The van der Waals surface area contributed by atoms with Crippen molar-refractivity contribution >= 4 is 17.7 Å². The minimum absolute atomic E-state index is 0.231. The molecular formula is C16H21N3O2S. The fourth-order valence-electron chi connectivity index (χ4n) is 2.05. The number of carbonyl (C=O) groups is 1. The molecule has 0 spiro atoms. The monoisotopic (exact) mass is 319 g/mol. The fraction of sp³-hybridized carbons (Fsp3) is 0.438. The van der Waals surface area contributed by atoms with E-state index in [1.54, 1.807) is 6.92 Å². The van der Waals surface area contributed by atoms with Crippen molar-refractivity contribution in [3.8, 4) is 5.69 Å². The number of carbonyl (C=O) groups excluding carboxylic acids is 1. The maximum Gasteiger partial charge on any atom is 0.316 e. The zero-order valence-corrected chi connectivity index (χ0v) is 13.8. The van der Waals surface area contributed by atoms with Crippen LogP contribution in [0.25, 0.3) is 5.69 Å². The highest BCUT2D eigenvalue weighted by Gasteiger charge is 2.15. The summed E-state index contributed by atoms with van der Waals surface area (Å²) in [5, 5.41) is 9.27. The molecular weight excluding hydrogens is 298 g/mol. The molecule has 0 unspecified atom stereocenters. The number of ether oxygens (including phenoxy) is 1. The number of rotatable bonds is 8. The number of esters is 1. The maximum atomic E-state index is 11.5. The molecule has 0 saturated heterocycles. The zero-order valence-electron chi connectivity index (χ0n) is 13.0. The molecule has 0 atom stereocenters. The quantitative estimate of drug-likeness (QED) is 0.552. The predicted molar refractivity (Wildman–Crippen MR) is 87.3 cm³/mol. The number of aryl methyl sites for hydroxylation is 1. The third-order valence-corrected chi connectivity index (χ3v) is 4.00. The van der Waals surface area contributed by atoms with Crippen molar-refractivity contribution in [1.29, 1.82) is 0 Å². The average Bonchev–Trinajstić information content (AvgIpc) is 2.95. The lowest BCUT2D eigenvalue weighted by atomic mass is 10.2. The van der Waals surface area contributed by atoms with Crippen LogP contribution in [0.2, 0.25) is 0 Å². The van der Waals surface area contributed by atoms with Crippen molar-refractivity contribution in [1.82, 2.24) is 14.8 Å². The molecule has 0 aliphatic rings. The van der Waals surface area contributed by atoms with Gasteiger partial charge in [0, 0.05) is 12.1 Å². The first-order chi connectivity index (χ1) is 10.8. The van der Waals surface area contributed by atoms with Crippen LogP contribution in [0.3, 0.4) is 0 Å². The normalized spacial score (nSPS) is 10.6. The van der Waals surface area contributed by atoms with Gasteiger partial charge in [-0.15, -0.1) is 10.2 Å². The number of nitrogens with zero attached hydrogens (tertiary/aromatic N) is 3. The maximum absolute atomic E-state index is 11.5. The molecule has 1 aromatic heterocycles. The molecule has 22 heavy (non-hydrogen) atoms. The minimum atomic E-state index is -0.231. The van der Waals surface area contributed by atoms with Gasteiger partial charge in [-0.05, 0) is 25.5 Å². The van der Waals surface area contributed by atoms with Crippen LogP contribution >= 0.6 is 11.8 Å². The second-order valence-corrected chi connectivity index (χ2v) is 5.71. The Morgan fingerprint density at radius 2 is 2.00 bits per heavy atom. The molecule has 0 fully saturated rings. The van der Waals surface area contributed by atoms with Gasteiger partial charge in [-0.25, -0.2) is 0 Å². The van der Waals surface area contributed by atoms with Crippen LogP contribution in [-0.4, -0.2) is 33.1 Å². The smallest absolute Gasteiger partial charge is 0.316 e. The van der Waals surface area contributed by atoms with Gasteiger partial charge in [-0.1, -0.05) is 43.3 Å². The number of hydrogen-bond acceptors (Lipinski definition) is 5. The second-order valence-electron chi connectivity index (χ2n) is 4.77. The number of unbranched alkanes of at least 4 members (excludes halogenated alkanes) is 1. The summed E-state index contributed by atoms with van der Waals surface area (Å²) < 4.78 is 6.99. The number of aromatic nitrogens is 3. The van der Waals surface area contributed by atoms with Crippen molar-refractivity contribution < 1.29 is 9.53 Å². The van der Waals surface area contributed by atoms with Gasteiger partial charge in [0.2, 0.25) is 0 Å². The Labute approximate surface area is 135 Å². The topological polar surface area (TPSA) is 57.0 Å². The van der Waals surface area contributed by atoms with Gasteiger partial charge in [0.25, 0.3) is 0 Å². The number of benzene rings is 1. The summed E-state index contributed by atoms with van der Waals surface area (Å²) in [5.41, 5.74) is 1.02. The largest absolute Gasteiger partial charge is 0.465 e. The molecule has 0 aliphatic carbocycles. The van der Waals surface area contributed by atoms with Crippen molar-refractivity contribution in [2.24, 2.45) is 0 Å². The molecule has 6 heteroatoms. The van der Waals surface area contributed by atoms with Crippen molar-refractivity contribution in [3.05, 3.63) is 36.2 Å². The third kappa shape index (κ3) is 4.34. The molecule has 0 amide bonds. The van der Waals surface area contributed by atoms with Crippen LogP contribution in [-0.2, 0) is 16.0 Å². The molecule has 0 aliphatic heterocycles. The van der Waals surface area contributed by atoms with E-state index in [0.717, 1.165) is 35.9 Å². The zero-order chi connectivity index (χ0) is 15.8. The third-order valence-electron chi connectivity index (χ3n) is 3.09. The molecule has 5 nitrogen and oxygen atoms in total. The van der Waals surface area contributed by atoms with E-state index >= 15 is 0 Å². The lowest BCUT2D eigenvalue weighted by molar-refractivity contribution is -0.139. The summed E-state index contributed by atoms with van der Waals surface area (Å²) in [4.78, 5) is 11.5. The Bertz CT molecular complexity index is 599. The van der Waals surface area contributed by atoms with E-state index in [0.29, 0.717) is 6.61 Å². The highest BCUT2D eigenvalue weighted by molar-refractivity contribution is 7.99. The van der Waals surface area contributed by atoms with E-state index in [1.807, 2.05) is 34.9 Å². The first-order valence-corrected chi connectivity index (χ1v) is 8.53. The van der Waals surface area contributed by atoms with Crippen LogP contribution in [0, 0.1) is 0 Å². The summed E-state index contributed by atoms with van der Waals surface area (Å²) in [7, 11) is 0. The molecule has 0 saturated carbocycles. The lowest BCUT2D eigenvalue weighted by Gasteiger charge is -2.09. The van der Waals surface area contributed by atoms with Crippen LogP contribution in [0.1, 0.15) is 32.5 Å². The van der Waals surface area contributed by atoms with E-state index in [1.165, 1.54) is 11.8 Å². The highest BCUT2D eigenvalue weighted by Crippen LogP contribution is 2.23. The Morgan fingerprint density at radius 1 is 1.23 bits per heavy atom. The summed E-state index contributed by atoms with van der Waals surface area (Å²) in [6, 6.07) is 9.99. The van der Waals surface area contributed by atoms with Gasteiger partial charge in [0.1, 0.15) is 5.82 Å². The van der Waals surface area contributed by atoms with E-state index in [4.69, 9.17) is 4.74 Å². The van der Waals surface area contributed by atoms with Gasteiger partial charge in [-0.3, -0.25) is 9.36 Å². The van der Waals surface area contributed by atoms with E-state index in [9.17, 15) is 4.79 Å². The Hall–Kier alpha value is -1.82. The second kappa shape index (κ2) is 8.58. The van der Waals surface area contributed by atoms with Crippen molar-refractivity contribution in [2.75, 3.05) is 12.4 Å². The first kappa shape index (κ1) is 16.5. The summed E-state index contributed by atoms with van der Waals surface area (Å²) >= 11 is 1.36. The lowest BCUT2D eigenvalue weighted by Crippen LogP contribution is -2.08. The molecule has 0 radical (unpaired) electrons. The summed E-state index contributed by atoms with van der Waals surface area (Å²) in [5.74, 6) is 0.941. The van der Waals surface area contributed by atoms with E-state index < -0.39 is 0 Å². The predicted octanol–water partition coefficient (Wildman–Crippen LogP) is 3.27. The molecule has 0 bridgehead atoms. The molecule has 118 valence electrons. The molecule has 1 aromatic carbocycles. The standard InChI is InChI=1S/C16H21N3O2S/c1-3-5-11-14-17-18-16(22-12-15(20)21-4-2)19(14)13-9-7-6-8-10-13/h6-10H,3-5,11-12H2,1-2H3. The van der Waals surface area contributed by atoms with Gasteiger partial charge in [-0.2, -0.15) is 0 Å². The summed E-state index contributed by atoms with van der Waals surface area (Å²) in [6.07, 6.45) is 3.04. The van der Waals surface area contributed by atoms with Crippen LogP contribution in [0.15, 0.2) is 35.5 Å². The Kier molecular flexibility index (Phi) is 6.45. The fourth-order valence-corrected chi connectivity index (χ4v) is 2.82. The van der Waals surface area contributed by atoms with Crippen LogP contribution in [0.5, 0.6) is 0 Å². The average molecular weight is 319 g/mol. The molecule has 2 aromatic rings. The highest BCUT2D eigenvalue weighted by atomic mass is 32.2. The van der Waals surface area contributed by atoms with Gasteiger partial charge < -0.3 is 4.74 Å². The van der Waals surface area contributed by atoms with Crippen molar-refractivity contribution in [3.63, 3.8) is 0 Å². The van der Waals surface area contributed by atoms with E-state index in [-0.39, 0.29) is 11.7 Å². The van der Waals surface area contributed by atoms with Crippen LogP contribution < -0.4 is 0 Å². The molecule has 1 heterocycles. The first-order valence-electron chi connectivity index (χ1n) is 7.54. The van der Waals surface area contributed by atoms with Crippen molar-refractivity contribution in [2.45, 2.75) is 38.3 Å². The van der Waals surface area contributed by atoms with Crippen LogP contribution in [0.4, 0.5) is 0 Å². The molecule has 0 N–H and O–H groups in total. The molecule has 2 rings (SSSR count). The van der Waals surface area contributed by atoms with Gasteiger partial charge in [0.05, 0.1) is 12.4 Å². The Balaban J connectivity index is 2.22. The minimum Gasteiger partial charge on any atom is -0.465 e. The Morgan fingerprint density at radius 3 is 2.68 bits per heavy atom. The van der Waals surface area contributed by atoms with Gasteiger partial charge in [0.15, 0.2) is 5.16 Å². The van der Waals surface area contributed by atoms with E-state index in [2.05, 4.69) is 17.1 Å². The summed E-state index contributed by atoms with van der Waals surface area (Å²) in [6.45, 7) is 4.35. The number of thioether (sulfide) groups is 1. The number of hydrogen-bond donors (Lipinski definition) is 0. The van der Waals surface area contributed by atoms with Gasteiger partial charge >= 0.3 is 5.97 Å². The SMILES string of the molecule is CCCCc1nnc(SCC(=O)OCC)n1-c1ccccc1.